The lowest BCUT2D eigenvalue weighted by Crippen LogP contribution is -1.99. The van der Waals surface area contributed by atoms with Crippen molar-refractivity contribution < 1.29 is 14.4 Å². The van der Waals surface area contributed by atoms with Crippen molar-refractivity contribution in [2.75, 3.05) is 0 Å². The molecule has 0 aromatic carbocycles. The summed E-state index contributed by atoms with van der Waals surface area (Å²) in [4.78, 5) is 18.0. The molecular weight excluding hydrogens is 188 g/mol. The molecular formula is C7H6N4O3. The second-order valence-electron chi connectivity index (χ2n) is 2.58. The van der Waals surface area contributed by atoms with Crippen LogP contribution in [0.1, 0.15) is 16.3 Å². The summed E-state index contributed by atoms with van der Waals surface area (Å²) in [6, 6.07) is 0. The molecule has 2 rings (SSSR count). The molecule has 0 aliphatic rings. The lowest BCUT2D eigenvalue weighted by molar-refractivity contribution is 0.0691. The first-order valence-electron chi connectivity index (χ1n) is 3.76. The molecule has 0 radical (unpaired) electrons. The Labute approximate surface area is 78.0 Å². The summed E-state index contributed by atoms with van der Waals surface area (Å²) >= 11 is 0. The predicted molar refractivity (Wildman–Crippen MR) is 42.6 cm³/mol. The van der Waals surface area contributed by atoms with Crippen molar-refractivity contribution >= 4 is 5.97 Å². The van der Waals surface area contributed by atoms with E-state index in [9.17, 15) is 4.79 Å². The smallest absolute Gasteiger partial charge is 0.356 e. The van der Waals surface area contributed by atoms with E-state index in [1.807, 2.05) is 0 Å². The monoisotopic (exact) mass is 194 g/mol. The lowest BCUT2D eigenvalue weighted by Gasteiger charge is -1.93. The molecule has 7 nitrogen and oxygen atoms in total. The van der Waals surface area contributed by atoms with Gasteiger partial charge < -0.3 is 14.2 Å². The zero-order chi connectivity index (χ0) is 9.97. The number of hydrogen-bond donors (Lipinski definition) is 1. The highest BCUT2D eigenvalue weighted by Crippen LogP contribution is 1.99. The van der Waals surface area contributed by atoms with Crippen LogP contribution in [0.5, 0.6) is 0 Å². The molecule has 0 amide bonds. The van der Waals surface area contributed by atoms with E-state index in [0.29, 0.717) is 12.4 Å². The first-order valence-corrected chi connectivity index (χ1v) is 3.76. The SMILES string of the molecule is O=C(O)c1cn(Cc2ncon2)cn1. The van der Waals surface area contributed by atoms with Gasteiger partial charge in [0.2, 0.25) is 6.39 Å². The van der Waals surface area contributed by atoms with Crippen molar-refractivity contribution in [1.82, 2.24) is 19.7 Å². The summed E-state index contributed by atoms with van der Waals surface area (Å²) < 4.78 is 6.09. The molecule has 7 heteroatoms. The van der Waals surface area contributed by atoms with Gasteiger partial charge in [-0.3, -0.25) is 0 Å². The van der Waals surface area contributed by atoms with Gasteiger partial charge in [0.15, 0.2) is 11.5 Å². The third-order valence-corrected chi connectivity index (χ3v) is 1.58. The van der Waals surface area contributed by atoms with Gasteiger partial charge in [0, 0.05) is 6.20 Å². The molecule has 0 aliphatic heterocycles. The van der Waals surface area contributed by atoms with E-state index in [1.54, 1.807) is 4.57 Å². The van der Waals surface area contributed by atoms with Crippen molar-refractivity contribution in [3.8, 4) is 0 Å². The Balaban J connectivity index is 2.14. The van der Waals surface area contributed by atoms with E-state index in [2.05, 4.69) is 19.6 Å². The van der Waals surface area contributed by atoms with Crippen LogP contribution in [-0.2, 0) is 6.54 Å². The Morgan fingerprint density at radius 2 is 2.43 bits per heavy atom. The molecule has 2 heterocycles. The van der Waals surface area contributed by atoms with Gasteiger partial charge in [-0.1, -0.05) is 5.16 Å². The van der Waals surface area contributed by atoms with Crippen molar-refractivity contribution in [1.29, 1.82) is 0 Å². The average molecular weight is 194 g/mol. The van der Waals surface area contributed by atoms with E-state index in [1.165, 1.54) is 18.9 Å². The summed E-state index contributed by atoms with van der Waals surface area (Å²) in [7, 11) is 0. The molecule has 0 saturated heterocycles. The lowest BCUT2D eigenvalue weighted by atomic mass is 10.5. The van der Waals surface area contributed by atoms with E-state index < -0.39 is 5.97 Å². The fourth-order valence-corrected chi connectivity index (χ4v) is 0.982. The highest BCUT2D eigenvalue weighted by atomic mass is 16.5. The van der Waals surface area contributed by atoms with Crippen LogP contribution in [0.3, 0.4) is 0 Å². The third kappa shape index (κ3) is 1.60. The molecule has 14 heavy (non-hydrogen) atoms. The number of imidazole rings is 1. The second kappa shape index (κ2) is 3.29. The minimum atomic E-state index is -1.06. The molecule has 2 aromatic rings. The number of aromatic nitrogens is 4. The second-order valence-corrected chi connectivity index (χ2v) is 2.58. The molecule has 0 unspecified atom stereocenters. The number of rotatable bonds is 3. The van der Waals surface area contributed by atoms with Crippen molar-refractivity contribution in [2.45, 2.75) is 6.54 Å². The Morgan fingerprint density at radius 1 is 1.57 bits per heavy atom. The molecule has 0 spiro atoms. The largest absolute Gasteiger partial charge is 0.476 e. The first kappa shape index (κ1) is 8.42. The topological polar surface area (TPSA) is 94.0 Å². The summed E-state index contributed by atoms with van der Waals surface area (Å²) in [5.74, 6) is -0.587. The maximum absolute atomic E-state index is 10.5. The van der Waals surface area contributed by atoms with Crippen LogP contribution in [0.2, 0.25) is 0 Å². The molecule has 2 aromatic heterocycles. The zero-order valence-corrected chi connectivity index (χ0v) is 6.99. The van der Waals surface area contributed by atoms with Gasteiger partial charge in [-0.2, -0.15) is 4.98 Å². The van der Waals surface area contributed by atoms with Crippen molar-refractivity contribution in [2.24, 2.45) is 0 Å². The van der Waals surface area contributed by atoms with Crippen molar-refractivity contribution in [3.05, 3.63) is 30.4 Å². The Bertz CT molecular complexity index is 433. The normalized spacial score (nSPS) is 10.3. The summed E-state index contributed by atoms with van der Waals surface area (Å²) in [6.45, 7) is 0.344. The average Bonchev–Trinajstić information content (AvgIpc) is 2.75. The quantitative estimate of drug-likeness (QED) is 0.739. The van der Waals surface area contributed by atoms with E-state index in [4.69, 9.17) is 5.11 Å². The van der Waals surface area contributed by atoms with E-state index >= 15 is 0 Å². The summed E-state index contributed by atoms with van der Waals surface area (Å²) in [5.41, 5.74) is -0.00602. The van der Waals surface area contributed by atoms with Crippen LogP contribution < -0.4 is 0 Å². The highest BCUT2D eigenvalue weighted by Gasteiger charge is 2.07. The van der Waals surface area contributed by atoms with Crippen LogP contribution in [0.25, 0.3) is 0 Å². The predicted octanol–water partition coefficient (Wildman–Crippen LogP) is 0.0126. The summed E-state index contributed by atoms with van der Waals surface area (Å²) in [5, 5.41) is 12.2. The highest BCUT2D eigenvalue weighted by molar-refractivity contribution is 5.84. The number of nitrogens with zero attached hydrogens (tertiary/aromatic N) is 4. The molecule has 1 N–H and O–H groups in total. The summed E-state index contributed by atoms with van der Waals surface area (Å²) in [6.07, 6.45) is 4.02. The Morgan fingerprint density at radius 3 is 3.00 bits per heavy atom. The number of carboxylic acids is 1. The van der Waals surface area contributed by atoms with Gasteiger partial charge in [0.1, 0.15) is 0 Å². The van der Waals surface area contributed by atoms with Crippen LogP contribution in [0.15, 0.2) is 23.4 Å². The molecule has 0 saturated carbocycles. The maximum Gasteiger partial charge on any atom is 0.356 e. The van der Waals surface area contributed by atoms with Crippen LogP contribution in [0.4, 0.5) is 0 Å². The van der Waals surface area contributed by atoms with E-state index in [0.717, 1.165) is 0 Å². The Hall–Kier alpha value is -2.18. The maximum atomic E-state index is 10.5. The number of carbonyl (C=O) groups is 1. The van der Waals surface area contributed by atoms with Crippen LogP contribution in [-0.4, -0.2) is 30.8 Å². The van der Waals surface area contributed by atoms with Gasteiger partial charge in [-0.05, 0) is 0 Å². The molecule has 0 atom stereocenters. The van der Waals surface area contributed by atoms with Gasteiger partial charge in [0.25, 0.3) is 0 Å². The fourth-order valence-electron chi connectivity index (χ4n) is 0.982. The molecule has 0 bridgehead atoms. The molecule has 0 fully saturated rings. The van der Waals surface area contributed by atoms with Gasteiger partial charge in [-0.15, -0.1) is 0 Å². The zero-order valence-electron chi connectivity index (χ0n) is 6.99. The number of hydrogen-bond acceptors (Lipinski definition) is 5. The van der Waals surface area contributed by atoms with Gasteiger partial charge in [0.05, 0.1) is 12.9 Å². The van der Waals surface area contributed by atoms with Gasteiger partial charge in [-0.25, -0.2) is 9.78 Å². The van der Waals surface area contributed by atoms with Crippen LogP contribution in [0, 0.1) is 0 Å². The molecule has 72 valence electrons. The van der Waals surface area contributed by atoms with E-state index in [-0.39, 0.29) is 5.69 Å². The van der Waals surface area contributed by atoms with Crippen molar-refractivity contribution in [3.63, 3.8) is 0 Å². The Kier molecular flexibility index (Phi) is 1.98. The number of aromatic carboxylic acids is 1. The third-order valence-electron chi connectivity index (χ3n) is 1.58. The molecule has 0 aliphatic carbocycles. The van der Waals surface area contributed by atoms with Crippen LogP contribution >= 0.6 is 0 Å². The minimum Gasteiger partial charge on any atom is -0.476 e. The first-order chi connectivity index (χ1) is 6.75. The van der Waals surface area contributed by atoms with Gasteiger partial charge >= 0.3 is 5.97 Å². The fraction of sp³-hybridized carbons (Fsp3) is 0.143. The number of carboxylic acid groups (broad SMARTS) is 1. The standard InChI is InChI=1S/C7H6N4O3/c12-7(13)5-1-11(3-8-5)2-6-9-4-14-10-6/h1,3-4H,2H2,(H,12,13). The minimum absolute atomic E-state index is 0.00602.